The van der Waals surface area contributed by atoms with Crippen molar-refractivity contribution in [3.8, 4) is 0 Å². The zero-order chi connectivity index (χ0) is 14.3. The molecule has 1 aliphatic heterocycles. The SMILES string of the molecule is CC1CCCN(S(=O)(=O)NC(C)(C(=O)O)C2CC2)C1. The van der Waals surface area contributed by atoms with Gasteiger partial charge < -0.3 is 5.11 Å². The third kappa shape index (κ3) is 3.09. The van der Waals surface area contributed by atoms with Crippen LogP contribution in [0.15, 0.2) is 0 Å². The van der Waals surface area contributed by atoms with Crippen LogP contribution in [0.4, 0.5) is 0 Å². The van der Waals surface area contributed by atoms with Crippen molar-refractivity contribution < 1.29 is 18.3 Å². The molecule has 0 aromatic rings. The molecule has 19 heavy (non-hydrogen) atoms. The second-order valence-electron chi connectivity index (χ2n) is 5.99. The van der Waals surface area contributed by atoms with E-state index in [0.29, 0.717) is 19.0 Å². The predicted molar refractivity (Wildman–Crippen MR) is 70.8 cm³/mol. The molecule has 0 bridgehead atoms. The van der Waals surface area contributed by atoms with E-state index in [2.05, 4.69) is 4.72 Å². The zero-order valence-electron chi connectivity index (χ0n) is 11.4. The van der Waals surface area contributed by atoms with Gasteiger partial charge in [0.25, 0.3) is 10.2 Å². The van der Waals surface area contributed by atoms with Crippen LogP contribution in [-0.2, 0) is 15.0 Å². The Balaban J connectivity index is 2.13. The van der Waals surface area contributed by atoms with E-state index >= 15 is 0 Å². The molecule has 2 rings (SSSR count). The van der Waals surface area contributed by atoms with Gasteiger partial charge in [-0.15, -0.1) is 0 Å². The van der Waals surface area contributed by atoms with Crippen molar-refractivity contribution in [2.24, 2.45) is 11.8 Å². The van der Waals surface area contributed by atoms with Gasteiger partial charge in [-0.25, -0.2) is 0 Å². The summed E-state index contributed by atoms with van der Waals surface area (Å²) in [5.41, 5.74) is -1.38. The van der Waals surface area contributed by atoms with Gasteiger partial charge in [0, 0.05) is 13.1 Å². The van der Waals surface area contributed by atoms with Crippen LogP contribution >= 0.6 is 0 Å². The Kier molecular flexibility index (Phi) is 3.90. The second-order valence-corrected chi connectivity index (χ2v) is 7.66. The number of carboxylic acids is 1. The van der Waals surface area contributed by atoms with E-state index in [1.54, 1.807) is 0 Å². The number of nitrogens with zero attached hydrogens (tertiary/aromatic N) is 1. The van der Waals surface area contributed by atoms with Crippen molar-refractivity contribution in [2.75, 3.05) is 13.1 Å². The minimum Gasteiger partial charge on any atom is -0.480 e. The lowest BCUT2D eigenvalue weighted by atomic mass is 9.98. The molecular weight excluding hydrogens is 268 g/mol. The molecule has 0 amide bonds. The van der Waals surface area contributed by atoms with Crippen molar-refractivity contribution in [2.45, 2.75) is 45.1 Å². The minimum absolute atomic E-state index is 0.0954. The first-order valence-corrected chi connectivity index (χ1v) is 8.22. The lowest BCUT2D eigenvalue weighted by Crippen LogP contribution is -2.58. The summed E-state index contributed by atoms with van der Waals surface area (Å²) < 4.78 is 28.5. The fourth-order valence-corrected chi connectivity index (χ4v) is 4.40. The van der Waals surface area contributed by atoms with Gasteiger partial charge in [0.1, 0.15) is 5.54 Å². The molecular formula is C12H22N2O4S. The van der Waals surface area contributed by atoms with Crippen LogP contribution in [0.25, 0.3) is 0 Å². The fraction of sp³-hybridized carbons (Fsp3) is 0.917. The highest BCUT2D eigenvalue weighted by atomic mass is 32.2. The highest BCUT2D eigenvalue weighted by Crippen LogP contribution is 2.40. The van der Waals surface area contributed by atoms with Crippen molar-refractivity contribution in [3.05, 3.63) is 0 Å². The van der Waals surface area contributed by atoms with E-state index in [9.17, 15) is 18.3 Å². The first kappa shape index (κ1) is 14.7. The molecule has 2 aliphatic rings. The topological polar surface area (TPSA) is 86.7 Å². The van der Waals surface area contributed by atoms with E-state index in [0.717, 1.165) is 25.7 Å². The third-order valence-corrected chi connectivity index (χ3v) is 5.83. The van der Waals surface area contributed by atoms with Crippen LogP contribution in [0.5, 0.6) is 0 Å². The number of carbonyl (C=O) groups is 1. The van der Waals surface area contributed by atoms with Crippen LogP contribution in [0.1, 0.15) is 39.5 Å². The van der Waals surface area contributed by atoms with Crippen LogP contribution in [0, 0.1) is 11.8 Å². The summed E-state index contributed by atoms with van der Waals surface area (Å²) in [6.07, 6.45) is 3.38. The molecule has 2 unspecified atom stereocenters. The Morgan fingerprint density at radius 1 is 1.37 bits per heavy atom. The van der Waals surface area contributed by atoms with E-state index < -0.39 is 21.7 Å². The van der Waals surface area contributed by atoms with Crippen LogP contribution in [0.2, 0.25) is 0 Å². The molecule has 1 saturated carbocycles. The van der Waals surface area contributed by atoms with E-state index in [4.69, 9.17) is 0 Å². The van der Waals surface area contributed by atoms with Gasteiger partial charge in [-0.3, -0.25) is 4.79 Å². The molecule has 1 saturated heterocycles. The standard InChI is InChI=1S/C12H22N2O4S/c1-9-4-3-7-14(8-9)19(17,18)13-12(2,11(15)16)10-5-6-10/h9-10,13H,3-8H2,1-2H3,(H,15,16). The molecule has 1 aliphatic carbocycles. The molecule has 1 heterocycles. The van der Waals surface area contributed by atoms with Gasteiger partial charge in [0.2, 0.25) is 0 Å². The summed E-state index contributed by atoms with van der Waals surface area (Å²) in [5, 5.41) is 9.31. The highest BCUT2D eigenvalue weighted by molar-refractivity contribution is 7.87. The number of aliphatic carboxylic acids is 1. The summed E-state index contributed by atoms with van der Waals surface area (Å²) in [4.78, 5) is 11.4. The summed E-state index contributed by atoms with van der Waals surface area (Å²) >= 11 is 0. The van der Waals surface area contributed by atoms with E-state index in [1.165, 1.54) is 11.2 Å². The van der Waals surface area contributed by atoms with Gasteiger partial charge in [-0.2, -0.15) is 17.4 Å². The highest BCUT2D eigenvalue weighted by Gasteiger charge is 2.50. The van der Waals surface area contributed by atoms with Crippen molar-refractivity contribution in [1.29, 1.82) is 0 Å². The Bertz CT molecular complexity index is 460. The van der Waals surface area contributed by atoms with Crippen LogP contribution in [0.3, 0.4) is 0 Å². The Morgan fingerprint density at radius 3 is 2.47 bits per heavy atom. The monoisotopic (exact) mass is 290 g/mol. The summed E-state index contributed by atoms with van der Waals surface area (Å²) in [6, 6.07) is 0. The summed E-state index contributed by atoms with van der Waals surface area (Å²) in [5.74, 6) is -0.868. The molecule has 2 fully saturated rings. The van der Waals surface area contributed by atoms with E-state index in [-0.39, 0.29) is 5.92 Å². The van der Waals surface area contributed by atoms with Crippen LogP contribution < -0.4 is 4.72 Å². The second kappa shape index (κ2) is 5.03. The number of hydrogen-bond donors (Lipinski definition) is 2. The zero-order valence-corrected chi connectivity index (χ0v) is 12.2. The maximum atomic E-state index is 12.3. The number of nitrogens with one attached hydrogen (secondary N) is 1. The molecule has 110 valence electrons. The molecule has 7 heteroatoms. The number of piperidine rings is 1. The molecule has 6 nitrogen and oxygen atoms in total. The van der Waals surface area contributed by atoms with Crippen molar-refractivity contribution in [3.63, 3.8) is 0 Å². The number of hydrogen-bond acceptors (Lipinski definition) is 3. The predicted octanol–water partition coefficient (Wildman–Crippen LogP) is 0.806. The molecule has 0 aromatic heterocycles. The number of rotatable bonds is 5. The summed E-state index contributed by atoms with van der Waals surface area (Å²) in [6.45, 7) is 4.42. The van der Waals surface area contributed by atoms with Crippen molar-refractivity contribution >= 4 is 16.2 Å². The lowest BCUT2D eigenvalue weighted by Gasteiger charge is -2.34. The van der Waals surface area contributed by atoms with Gasteiger partial charge >= 0.3 is 5.97 Å². The third-order valence-electron chi connectivity index (χ3n) is 4.14. The normalized spacial score (nSPS) is 28.8. The summed E-state index contributed by atoms with van der Waals surface area (Å²) in [7, 11) is -3.72. The smallest absolute Gasteiger partial charge is 0.324 e. The molecule has 0 radical (unpaired) electrons. The average Bonchev–Trinajstić information content (AvgIpc) is 3.12. The molecule has 2 N–H and O–H groups in total. The molecule has 2 atom stereocenters. The van der Waals surface area contributed by atoms with E-state index in [1.807, 2.05) is 6.92 Å². The van der Waals surface area contributed by atoms with Gasteiger partial charge in [0.05, 0.1) is 0 Å². The first-order chi connectivity index (χ1) is 8.75. The average molecular weight is 290 g/mol. The van der Waals surface area contributed by atoms with Gasteiger partial charge in [0.15, 0.2) is 0 Å². The van der Waals surface area contributed by atoms with Gasteiger partial charge in [-0.1, -0.05) is 6.92 Å². The lowest BCUT2D eigenvalue weighted by molar-refractivity contribution is -0.144. The quantitative estimate of drug-likeness (QED) is 0.784. The number of carboxylic acid groups (broad SMARTS) is 1. The Morgan fingerprint density at radius 2 is 2.00 bits per heavy atom. The van der Waals surface area contributed by atoms with Gasteiger partial charge in [-0.05, 0) is 44.4 Å². The maximum absolute atomic E-state index is 12.3. The largest absolute Gasteiger partial charge is 0.480 e. The first-order valence-electron chi connectivity index (χ1n) is 6.78. The van der Waals surface area contributed by atoms with Crippen LogP contribution in [-0.4, -0.2) is 42.4 Å². The maximum Gasteiger partial charge on any atom is 0.324 e. The Hall–Kier alpha value is -0.660. The fourth-order valence-electron chi connectivity index (χ4n) is 2.66. The van der Waals surface area contributed by atoms with Crippen molar-refractivity contribution in [1.82, 2.24) is 9.03 Å². The molecule has 0 spiro atoms. The Labute approximate surface area is 114 Å². The minimum atomic E-state index is -3.72. The molecule has 0 aromatic carbocycles.